The van der Waals surface area contributed by atoms with E-state index < -0.39 is 12.6 Å². The summed E-state index contributed by atoms with van der Waals surface area (Å²) in [6.07, 6.45) is -1.69. The number of hydrogen-bond donors (Lipinski definition) is 1. The molecule has 0 aromatic rings. The predicted octanol–water partition coefficient (Wildman–Crippen LogP) is 2.63. The summed E-state index contributed by atoms with van der Waals surface area (Å²) in [4.78, 5) is 0. The van der Waals surface area contributed by atoms with Gasteiger partial charge >= 0.3 is 6.18 Å². The van der Waals surface area contributed by atoms with E-state index in [1.807, 2.05) is 0 Å². The standard InChI is InChI=1S/C13H22F3NO2/c14-13(15,16)3-1-11(17)10-2-6-19-12(9-10)4-7-18-8-5-12/h10-11H,1-9,17H2. The Balaban J connectivity index is 1.86. The summed E-state index contributed by atoms with van der Waals surface area (Å²) in [6.45, 7) is 1.94. The molecule has 0 aliphatic carbocycles. The molecule has 0 bridgehead atoms. The molecule has 2 unspecified atom stereocenters. The highest BCUT2D eigenvalue weighted by molar-refractivity contribution is 4.92. The Kier molecular flexibility index (Phi) is 4.74. The predicted molar refractivity (Wildman–Crippen MR) is 64.7 cm³/mol. The maximum Gasteiger partial charge on any atom is 0.389 e. The molecule has 6 heteroatoms. The molecule has 2 fully saturated rings. The average molecular weight is 281 g/mol. The van der Waals surface area contributed by atoms with Gasteiger partial charge in [-0.15, -0.1) is 0 Å². The van der Waals surface area contributed by atoms with Crippen molar-refractivity contribution < 1.29 is 22.6 Å². The molecule has 0 aromatic carbocycles. The zero-order valence-corrected chi connectivity index (χ0v) is 11.0. The van der Waals surface area contributed by atoms with Crippen LogP contribution >= 0.6 is 0 Å². The third kappa shape index (κ3) is 4.33. The summed E-state index contributed by atoms with van der Waals surface area (Å²) in [5, 5.41) is 0. The molecule has 2 heterocycles. The van der Waals surface area contributed by atoms with Gasteiger partial charge in [0, 0.05) is 32.3 Å². The van der Waals surface area contributed by atoms with Gasteiger partial charge in [-0.3, -0.25) is 0 Å². The molecule has 2 aliphatic rings. The minimum Gasteiger partial charge on any atom is -0.381 e. The Morgan fingerprint density at radius 1 is 1.21 bits per heavy atom. The van der Waals surface area contributed by atoms with Crippen LogP contribution in [0.2, 0.25) is 0 Å². The monoisotopic (exact) mass is 281 g/mol. The number of rotatable bonds is 3. The number of alkyl halides is 3. The van der Waals surface area contributed by atoms with Crippen LogP contribution in [-0.2, 0) is 9.47 Å². The Morgan fingerprint density at radius 3 is 2.53 bits per heavy atom. The molecular weight excluding hydrogens is 259 g/mol. The van der Waals surface area contributed by atoms with Gasteiger partial charge in [-0.25, -0.2) is 0 Å². The topological polar surface area (TPSA) is 44.5 Å². The van der Waals surface area contributed by atoms with Crippen LogP contribution in [0.5, 0.6) is 0 Å². The van der Waals surface area contributed by atoms with Gasteiger partial charge < -0.3 is 15.2 Å². The highest BCUT2D eigenvalue weighted by Gasteiger charge is 2.41. The van der Waals surface area contributed by atoms with Crippen molar-refractivity contribution in [1.82, 2.24) is 0 Å². The number of hydrogen-bond acceptors (Lipinski definition) is 3. The summed E-state index contributed by atoms with van der Waals surface area (Å²) in [5.74, 6) is 0.134. The molecule has 19 heavy (non-hydrogen) atoms. The normalized spacial score (nSPS) is 29.4. The highest BCUT2D eigenvalue weighted by atomic mass is 19.4. The van der Waals surface area contributed by atoms with E-state index in [1.165, 1.54) is 0 Å². The maximum atomic E-state index is 12.2. The molecule has 0 saturated carbocycles. The molecule has 2 N–H and O–H groups in total. The third-order valence-electron chi connectivity index (χ3n) is 4.30. The first kappa shape index (κ1) is 15.1. The van der Waals surface area contributed by atoms with E-state index in [-0.39, 0.29) is 24.0 Å². The second kappa shape index (κ2) is 5.97. The second-order valence-electron chi connectivity index (χ2n) is 5.71. The molecule has 2 rings (SSSR count). The highest BCUT2D eigenvalue weighted by Crippen LogP contribution is 2.39. The summed E-state index contributed by atoms with van der Waals surface area (Å²) in [7, 11) is 0. The van der Waals surface area contributed by atoms with Gasteiger partial charge in [0.1, 0.15) is 0 Å². The lowest BCUT2D eigenvalue weighted by Crippen LogP contribution is -2.48. The van der Waals surface area contributed by atoms with Gasteiger partial charge in [-0.05, 0) is 38.0 Å². The molecule has 0 amide bonds. The second-order valence-corrected chi connectivity index (χ2v) is 5.71. The lowest BCUT2D eigenvalue weighted by atomic mass is 9.77. The van der Waals surface area contributed by atoms with Crippen molar-refractivity contribution in [3.05, 3.63) is 0 Å². The molecular formula is C13H22F3NO2. The molecule has 2 saturated heterocycles. The number of halogens is 3. The molecule has 0 radical (unpaired) electrons. The van der Waals surface area contributed by atoms with E-state index in [2.05, 4.69) is 0 Å². The van der Waals surface area contributed by atoms with Crippen molar-refractivity contribution in [2.45, 2.75) is 56.3 Å². The first-order valence-corrected chi connectivity index (χ1v) is 6.94. The number of ether oxygens (including phenoxy) is 2. The Hall–Kier alpha value is -0.330. The first-order chi connectivity index (χ1) is 8.90. The zero-order chi connectivity index (χ0) is 13.9. The van der Waals surface area contributed by atoms with Gasteiger partial charge in [0.2, 0.25) is 0 Å². The van der Waals surface area contributed by atoms with Gasteiger partial charge in [0.05, 0.1) is 5.60 Å². The van der Waals surface area contributed by atoms with E-state index in [1.54, 1.807) is 0 Å². The van der Waals surface area contributed by atoms with Crippen molar-refractivity contribution in [2.75, 3.05) is 19.8 Å². The van der Waals surface area contributed by atoms with Crippen molar-refractivity contribution in [2.24, 2.45) is 11.7 Å². The summed E-state index contributed by atoms with van der Waals surface area (Å²) >= 11 is 0. The third-order valence-corrected chi connectivity index (χ3v) is 4.30. The first-order valence-electron chi connectivity index (χ1n) is 6.94. The molecule has 1 spiro atoms. The van der Waals surface area contributed by atoms with Gasteiger partial charge in [0.25, 0.3) is 0 Å². The fraction of sp³-hybridized carbons (Fsp3) is 1.00. The number of nitrogens with two attached hydrogens (primary N) is 1. The van der Waals surface area contributed by atoms with E-state index in [9.17, 15) is 13.2 Å². The molecule has 2 aliphatic heterocycles. The zero-order valence-electron chi connectivity index (χ0n) is 11.0. The van der Waals surface area contributed by atoms with Crippen LogP contribution < -0.4 is 5.73 Å². The van der Waals surface area contributed by atoms with E-state index in [0.717, 1.165) is 25.7 Å². The Labute approximate surface area is 111 Å². The Bertz CT molecular complexity index is 285. The van der Waals surface area contributed by atoms with Gasteiger partial charge in [-0.1, -0.05) is 0 Å². The van der Waals surface area contributed by atoms with Crippen LogP contribution in [0.15, 0.2) is 0 Å². The van der Waals surface area contributed by atoms with E-state index >= 15 is 0 Å². The quantitative estimate of drug-likeness (QED) is 0.865. The summed E-state index contributed by atoms with van der Waals surface area (Å²) < 4.78 is 47.9. The van der Waals surface area contributed by atoms with Crippen molar-refractivity contribution in [1.29, 1.82) is 0 Å². The van der Waals surface area contributed by atoms with Crippen LogP contribution in [0, 0.1) is 5.92 Å². The fourth-order valence-corrected chi connectivity index (χ4v) is 3.09. The largest absolute Gasteiger partial charge is 0.389 e. The average Bonchev–Trinajstić information content (AvgIpc) is 2.36. The van der Waals surface area contributed by atoms with Crippen molar-refractivity contribution >= 4 is 0 Å². The fourth-order valence-electron chi connectivity index (χ4n) is 3.09. The van der Waals surface area contributed by atoms with Crippen LogP contribution in [-0.4, -0.2) is 37.6 Å². The molecule has 2 atom stereocenters. The minimum atomic E-state index is -4.11. The lowest BCUT2D eigenvalue weighted by molar-refractivity contribution is -0.153. The molecule has 112 valence electrons. The van der Waals surface area contributed by atoms with Gasteiger partial charge in [0.15, 0.2) is 0 Å². The summed E-state index contributed by atoms with van der Waals surface area (Å²) in [5.41, 5.74) is 5.76. The van der Waals surface area contributed by atoms with E-state index in [4.69, 9.17) is 15.2 Å². The SMILES string of the molecule is NC(CCC(F)(F)F)C1CCOC2(CCOCC2)C1. The van der Waals surface area contributed by atoms with Crippen LogP contribution in [0.3, 0.4) is 0 Å². The minimum absolute atomic E-state index is 0.0146. The van der Waals surface area contributed by atoms with Crippen molar-refractivity contribution in [3.8, 4) is 0 Å². The van der Waals surface area contributed by atoms with Crippen LogP contribution in [0.1, 0.15) is 38.5 Å². The maximum absolute atomic E-state index is 12.2. The van der Waals surface area contributed by atoms with E-state index in [0.29, 0.717) is 19.8 Å². The van der Waals surface area contributed by atoms with Crippen LogP contribution in [0.25, 0.3) is 0 Å². The molecule has 0 aromatic heterocycles. The molecule has 3 nitrogen and oxygen atoms in total. The Morgan fingerprint density at radius 2 is 1.89 bits per heavy atom. The van der Waals surface area contributed by atoms with Crippen LogP contribution in [0.4, 0.5) is 13.2 Å². The summed E-state index contributed by atoms with van der Waals surface area (Å²) in [6, 6.07) is -0.384. The van der Waals surface area contributed by atoms with Gasteiger partial charge in [-0.2, -0.15) is 13.2 Å². The smallest absolute Gasteiger partial charge is 0.381 e. The van der Waals surface area contributed by atoms with Crippen molar-refractivity contribution in [3.63, 3.8) is 0 Å². The lowest BCUT2D eigenvalue weighted by Gasteiger charge is -2.44.